The summed E-state index contributed by atoms with van der Waals surface area (Å²) in [4.78, 5) is 19.8. The summed E-state index contributed by atoms with van der Waals surface area (Å²) in [5.74, 6) is 0.578. The molecular weight excluding hydrogens is 400 g/mol. The summed E-state index contributed by atoms with van der Waals surface area (Å²) >= 11 is 0. The highest BCUT2D eigenvalue weighted by Gasteiger charge is 2.42. The van der Waals surface area contributed by atoms with E-state index >= 15 is 0 Å². The van der Waals surface area contributed by atoms with Gasteiger partial charge < -0.3 is 19.5 Å². The van der Waals surface area contributed by atoms with Gasteiger partial charge in [-0.3, -0.25) is 9.78 Å². The second-order valence-corrected chi connectivity index (χ2v) is 8.53. The molecule has 6 rings (SSSR count). The summed E-state index contributed by atoms with van der Waals surface area (Å²) in [5.41, 5.74) is 4.81. The number of carbonyl (C=O) groups is 1. The number of para-hydroxylation sites is 2. The fourth-order valence-corrected chi connectivity index (χ4v) is 5.17. The van der Waals surface area contributed by atoms with E-state index in [0.29, 0.717) is 24.4 Å². The van der Waals surface area contributed by atoms with Crippen LogP contribution in [0.15, 0.2) is 73.1 Å². The molecule has 0 unspecified atom stereocenters. The van der Waals surface area contributed by atoms with Crippen LogP contribution in [0.1, 0.15) is 28.9 Å². The maximum absolute atomic E-state index is 13.5. The predicted octanol–water partition coefficient (Wildman–Crippen LogP) is 4.59. The van der Waals surface area contributed by atoms with Crippen molar-refractivity contribution in [2.45, 2.75) is 18.4 Å². The van der Waals surface area contributed by atoms with Crippen molar-refractivity contribution in [1.82, 2.24) is 14.5 Å². The van der Waals surface area contributed by atoms with E-state index in [1.165, 1.54) is 11.4 Å². The van der Waals surface area contributed by atoms with Crippen LogP contribution in [0.25, 0.3) is 16.6 Å². The van der Waals surface area contributed by atoms with Gasteiger partial charge in [-0.15, -0.1) is 0 Å². The van der Waals surface area contributed by atoms with Crippen molar-refractivity contribution in [3.63, 3.8) is 0 Å². The van der Waals surface area contributed by atoms with E-state index in [1.54, 1.807) is 13.3 Å². The molecule has 0 radical (unpaired) electrons. The first kappa shape index (κ1) is 18.9. The normalized spacial score (nSPS) is 16.3. The third kappa shape index (κ3) is 2.79. The van der Waals surface area contributed by atoms with E-state index in [9.17, 15) is 4.79 Å². The fraction of sp³-hybridized carbons (Fsp3) is 0.231. The van der Waals surface area contributed by atoms with Crippen molar-refractivity contribution in [3.8, 4) is 11.4 Å². The van der Waals surface area contributed by atoms with Gasteiger partial charge in [-0.2, -0.15) is 0 Å². The minimum absolute atomic E-state index is 0.00838. The molecule has 0 atom stereocenters. The molecular formula is C26H24N4O2. The molecule has 2 aromatic heterocycles. The number of carbonyl (C=O) groups excluding carboxylic acids is 1. The van der Waals surface area contributed by atoms with Gasteiger partial charge in [-0.1, -0.05) is 18.2 Å². The first-order chi connectivity index (χ1) is 15.7. The predicted molar refractivity (Wildman–Crippen MR) is 125 cm³/mol. The number of hydrogen-bond acceptors (Lipinski definition) is 4. The Kier molecular flexibility index (Phi) is 4.21. The Morgan fingerprint density at radius 3 is 2.75 bits per heavy atom. The average molecular weight is 425 g/mol. The molecule has 1 spiro atoms. The van der Waals surface area contributed by atoms with Gasteiger partial charge in [0.15, 0.2) is 0 Å². The molecule has 1 N–H and O–H groups in total. The van der Waals surface area contributed by atoms with Gasteiger partial charge in [0, 0.05) is 42.6 Å². The first-order valence-corrected chi connectivity index (χ1v) is 11.0. The van der Waals surface area contributed by atoms with Gasteiger partial charge >= 0.3 is 0 Å². The Morgan fingerprint density at radius 2 is 1.91 bits per heavy atom. The van der Waals surface area contributed by atoms with Crippen molar-refractivity contribution in [3.05, 3.63) is 84.3 Å². The van der Waals surface area contributed by atoms with Crippen LogP contribution in [0, 0.1) is 0 Å². The van der Waals surface area contributed by atoms with E-state index in [0.717, 1.165) is 29.4 Å². The van der Waals surface area contributed by atoms with Gasteiger partial charge in [0.1, 0.15) is 5.75 Å². The molecule has 2 aliphatic rings. The average Bonchev–Trinajstić information content (AvgIpc) is 3.35. The number of nitrogens with zero attached hydrogens (tertiary/aromatic N) is 3. The molecule has 6 heteroatoms. The Hall–Kier alpha value is -3.80. The van der Waals surface area contributed by atoms with Crippen LogP contribution in [0.3, 0.4) is 0 Å². The number of hydrogen-bond donors (Lipinski definition) is 1. The van der Waals surface area contributed by atoms with E-state index < -0.39 is 0 Å². The van der Waals surface area contributed by atoms with Crippen LogP contribution in [-0.2, 0) is 5.54 Å². The lowest BCUT2D eigenvalue weighted by Crippen LogP contribution is -2.51. The molecule has 32 heavy (non-hydrogen) atoms. The first-order valence-electron chi connectivity index (χ1n) is 11.0. The second-order valence-electron chi connectivity index (χ2n) is 8.53. The summed E-state index contributed by atoms with van der Waals surface area (Å²) in [5, 5.41) is 4.75. The number of amides is 1. The van der Waals surface area contributed by atoms with Gasteiger partial charge in [-0.05, 0) is 49.2 Å². The number of likely N-dealkylation sites (tertiary alicyclic amines) is 1. The lowest BCUT2D eigenvalue weighted by atomic mass is 9.82. The molecule has 0 bridgehead atoms. The van der Waals surface area contributed by atoms with Crippen LogP contribution in [-0.4, -0.2) is 40.6 Å². The van der Waals surface area contributed by atoms with E-state index in [4.69, 9.17) is 4.74 Å². The van der Waals surface area contributed by atoms with Crippen molar-refractivity contribution in [2.75, 3.05) is 25.5 Å². The lowest BCUT2D eigenvalue weighted by Gasteiger charge is -2.46. The molecule has 6 nitrogen and oxygen atoms in total. The molecule has 4 aromatic rings. The number of pyridine rings is 1. The third-order valence-corrected chi connectivity index (χ3v) is 6.84. The summed E-state index contributed by atoms with van der Waals surface area (Å²) in [7, 11) is 1.60. The summed E-state index contributed by atoms with van der Waals surface area (Å²) < 4.78 is 7.83. The van der Waals surface area contributed by atoms with Crippen LogP contribution in [0.5, 0.6) is 5.75 Å². The third-order valence-electron chi connectivity index (χ3n) is 6.84. The Bertz CT molecular complexity index is 1330. The smallest absolute Gasteiger partial charge is 0.257 e. The zero-order chi connectivity index (χ0) is 21.7. The molecule has 4 heterocycles. The topological polar surface area (TPSA) is 59.4 Å². The largest absolute Gasteiger partial charge is 0.496 e. The summed E-state index contributed by atoms with van der Waals surface area (Å²) in [6, 6.07) is 20.3. The van der Waals surface area contributed by atoms with Crippen molar-refractivity contribution < 1.29 is 9.53 Å². The minimum atomic E-state index is -0.175. The second kappa shape index (κ2) is 7.12. The lowest BCUT2D eigenvalue weighted by molar-refractivity contribution is 0.0673. The quantitative estimate of drug-likeness (QED) is 0.511. The van der Waals surface area contributed by atoms with E-state index in [-0.39, 0.29) is 11.4 Å². The standard InChI is InChI=1S/C26H24N4O2/c1-32-23-17-21-18(6-4-12-27-21)16-19(23)25(31)29-14-10-26(11-15-29)24-9-5-13-30(24)22-8-3-2-7-20(22)28-26/h2-9,12-13,16-17,28H,10-11,14-15H2,1H3. The van der Waals surface area contributed by atoms with Crippen molar-refractivity contribution in [2.24, 2.45) is 0 Å². The number of piperidine rings is 1. The summed E-state index contributed by atoms with van der Waals surface area (Å²) in [6.45, 7) is 1.35. The zero-order valence-electron chi connectivity index (χ0n) is 17.9. The number of benzene rings is 2. The maximum atomic E-state index is 13.5. The molecule has 2 aliphatic heterocycles. The Balaban J connectivity index is 1.29. The number of aromatic nitrogens is 2. The SMILES string of the molecule is COc1cc2ncccc2cc1C(=O)N1CCC2(CC1)Nc1ccccc1-n1cccc12. The highest BCUT2D eigenvalue weighted by Crippen LogP contribution is 2.43. The van der Waals surface area contributed by atoms with E-state index in [2.05, 4.69) is 57.5 Å². The van der Waals surface area contributed by atoms with Gasteiger partial charge in [0.25, 0.3) is 5.91 Å². The highest BCUT2D eigenvalue weighted by atomic mass is 16.5. The number of nitrogens with one attached hydrogen (secondary N) is 1. The molecule has 160 valence electrons. The number of fused-ring (bicyclic) bond motifs is 5. The highest BCUT2D eigenvalue weighted by molar-refractivity contribution is 6.01. The number of ether oxygens (including phenoxy) is 1. The molecule has 0 aliphatic carbocycles. The van der Waals surface area contributed by atoms with Crippen molar-refractivity contribution in [1.29, 1.82) is 0 Å². The molecule has 2 aromatic carbocycles. The van der Waals surface area contributed by atoms with Crippen molar-refractivity contribution >= 4 is 22.5 Å². The molecule has 1 saturated heterocycles. The zero-order valence-corrected chi connectivity index (χ0v) is 17.9. The molecule has 1 fully saturated rings. The maximum Gasteiger partial charge on any atom is 0.257 e. The van der Waals surface area contributed by atoms with Gasteiger partial charge in [-0.25, -0.2) is 0 Å². The van der Waals surface area contributed by atoms with Crippen LogP contribution < -0.4 is 10.1 Å². The van der Waals surface area contributed by atoms with Crippen LogP contribution >= 0.6 is 0 Å². The molecule has 0 saturated carbocycles. The van der Waals surface area contributed by atoms with E-state index in [1.807, 2.05) is 29.2 Å². The van der Waals surface area contributed by atoms with Gasteiger partial charge in [0.05, 0.1) is 35.1 Å². The number of anilines is 1. The Morgan fingerprint density at radius 1 is 1.06 bits per heavy atom. The molecule has 1 amide bonds. The van der Waals surface area contributed by atoms with Crippen LogP contribution in [0.4, 0.5) is 5.69 Å². The number of methoxy groups -OCH3 is 1. The van der Waals surface area contributed by atoms with Gasteiger partial charge in [0.2, 0.25) is 0 Å². The Labute approximate surface area is 186 Å². The monoisotopic (exact) mass is 424 g/mol. The summed E-state index contributed by atoms with van der Waals surface area (Å²) in [6.07, 6.45) is 5.56. The minimum Gasteiger partial charge on any atom is -0.496 e. The fourth-order valence-electron chi connectivity index (χ4n) is 5.17. The number of rotatable bonds is 2. The van der Waals surface area contributed by atoms with Crippen LogP contribution in [0.2, 0.25) is 0 Å².